The number of nitrogens with two attached hydrogens (primary N) is 1. The lowest BCUT2D eigenvalue weighted by molar-refractivity contribution is -0.162. The molecule has 4 atom stereocenters. The van der Waals surface area contributed by atoms with Crippen LogP contribution in [-0.2, 0) is 19.2 Å². The summed E-state index contributed by atoms with van der Waals surface area (Å²) >= 11 is 0. The molecule has 40 heavy (non-hydrogen) atoms. The molecule has 3 fully saturated rings. The van der Waals surface area contributed by atoms with Crippen LogP contribution in [0.5, 0.6) is 0 Å². The number of rotatable bonds is 10. The molecular formula is C27H42F3N5O5. The lowest BCUT2D eigenvalue weighted by atomic mass is 9.80. The highest BCUT2D eigenvalue weighted by Crippen LogP contribution is 2.49. The Morgan fingerprint density at radius 1 is 1.00 bits per heavy atom. The second-order valence-corrected chi connectivity index (χ2v) is 13.0. The van der Waals surface area contributed by atoms with Crippen molar-refractivity contribution in [2.45, 2.75) is 109 Å². The molecule has 0 radical (unpaired) electrons. The number of nitrogens with one attached hydrogen (secondary N) is 3. The monoisotopic (exact) mass is 573 g/mol. The summed E-state index contributed by atoms with van der Waals surface area (Å²) in [5.74, 6) is -3.41. The highest BCUT2D eigenvalue weighted by Gasteiger charge is 2.64. The van der Waals surface area contributed by atoms with Gasteiger partial charge in [0.25, 0.3) is 5.91 Å². The number of hydrogen-bond donors (Lipinski definition) is 4. The molecule has 0 spiro atoms. The van der Waals surface area contributed by atoms with E-state index in [-0.39, 0.29) is 43.6 Å². The minimum absolute atomic E-state index is 0.0312. The number of carbonyl (C=O) groups is 5. The van der Waals surface area contributed by atoms with E-state index in [2.05, 4.69) is 10.6 Å². The number of Topliss-reactive ketones (excluding diaryl/α,β-unsaturated/α-hetero) is 1. The van der Waals surface area contributed by atoms with Crippen LogP contribution in [0.25, 0.3) is 0 Å². The average Bonchev–Trinajstić information content (AvgIpc) is 3.44. The van der Waals surface area contributed by atoms with Crippen LogP contribution in [0.2, 0.25) is 0 Å². The maximum Gasteiger partial charge on any atom is 0.411 e. The quantitative estimate of drug-likeness (QED) is 0.296. The Bertz CT molecular complexity index is 1020. The third-order valence-corrected chi connectivity index (χ3v) is 8.56. The van der Waals surface area contributed by atoms with Crippen LogP contribution >= 0.6 is 0 Å². The molecule has 0 aromatic heterocycles. The van der Waals surface area contributed by atoms with Gasteiger partial charge in [-0.25, -0.2) is 4.79 Å². The SMILES string of the molecule is CC(C)C1CCN(C(=O)[C@@H](NC(=O)NC2(C(F)(F)F)CC2)C(C)(C)C)[C@@H]1C(=O)NC(CC1CCC1)C(=O)C(N)=O. The van der Waals surface area contributed by atoms with Crippen molar-refractivity contribution in [3.8, 4) is 0 Å². The Morgan fingerprint density at radius 2 is 1.60 bits per heavy atom. The summed E-state index contributed by atoms with van der Waals surface area (Å²) in [6, 6.07) is -4.47. The van der Waals surface area contributed by atoms with Gasteiger partial charge in [-0.05, 0) is 48.9 Å². The molecule has 10 nitrogen and oxygen atoms in total. The van der Waals surface area contributed by atoms with Crippen molar-refractivity contribution in [1.82, 2.24) is 20.9 Å². The molecule has 5 amide bonds. The largest absolute Gasteiger partial charge is 0.411 e. The topological polar surface area (TPSA) is 151 Å². The fourth-order valence-electron chi connectivity index (χ4n) is 5.62. The van der Waals surface area contributed by atoms with E-state index in [0.717, 1.165) is 19.3 Å². The second kappa shape index (κ2) is 11.6. The standard InChI is InChI=1S/C27H42F3N5O5/c1-14(2)16-9-12-35(18(16)22(38)32-17(19(36)21(31)37)13-15-7-6-8-15)23(39)20(25(3,4)5)33-24(40)34-26(10-11-26)27(28,29)30/h14-18,20H,6-13H2,1-5H3,(H2,31,37)(H,32,38)(H2,33,34,40)/t16?,17?,18-,20+/m0/s1. The zero-order valence-electron chi connectivity index (χ0n) is 23.8. The van der Waals surface area contributed by atoms with Gasteiger partial charge >= 0.3 is 12.2 Å². The number of amides is 5. The van der Waals surface area contributed by atoms with Gasteiger partial charge in [-0.1, -0.05) is 53.9 Å². The Labute approximate surface area is 232 Å². The summed E-state index contributed by atoms with van der Waals surface area (Å²) in [6.07, 6.45) is -1.62. The average molecular weight is 574 g/mol. The van der Waals surface area contributed by atoms with Crippen LogP contribution in [0.15, 0.2) is 0 Å². The Balaban J connectivity index is 1.82. The van der Waals surface area contributed by atoms with Gasteiger partial charge in [0, 0.05) is 6.54 Å². The van der Waals surface area contributed by atoms with Crippen molar-refractivity contribution < 1.29 is 37.1 Å². The van der Waals surface area contributed by atoms with Crippen molar-refractivity contribution in [2.75, 3.05) is 6.54 Å². The predicted molar refractivity (Wildman–Crippen MR) is 139 cm³/mol. The molecule has 0 aromatic rings. The molecule has 13 heteroatoms. The normalized spacial score (nSPS) is 24.1. The van der Waals surface area contributed by atoms with Gasteiger partial charge in [0.15, 0.2) is 0 Å². The van der Waals surface area contributed by atoms with E-state index in [9.17, 15) is 37.1 Å². The molecule has 0 bridgehead atoms. The van der Waals surface area contributed by atoms with Crippen LogP contribution in [-0.4, -0.2) is 70.8 Å². The number of primary amides is 1. The first-order valence-corrected chi connectivity index (χ1v) is 14.0. The number of alkyl halides is 3. The van der Waals surface area contributed by atoms with Gasteiger partial charge in [0.2, 0.25) is 17.6 Å². The molecule has 2 unspecified atom stereocenters. The fraction of sp³-hybridized carbons (Fsp3) is 0.815. The van der Waals surface area contributed by atoms with Crippen molar-refractivity contribution in [1.29, 1.82) is 0 Å². The van der Waals surface area contributed by atoms with E-state index < -0.39 is 64.8 Å². The molecule has 2 aliphatic carbocycles. The van der Waals surface area contributed by atoms with E-state index in [4.69, 9.17) is 5.73 Å². The molecule has 226 valence electrons. The number of carbonyl (C=O) groups excluding carboxylic acids is 5. The number of urea groups is 1. The second-order valence-electron chi connectivity index (χ2n) is 13.0. The summed E-state index contributed by atoms with van der Waals surface area (Å²) in [6.45, 7) is 8.98. The fourth-order valence-corrected chi connectivity index (χ4v) is 5.62. The third-order valence-electron chi connectivity index (χ3n) is 8.56. The van der Waals surface area contributed by atoms with E-state index in [1.165, 1.54) is 4.90 Å². The van der Waals surface area contributed by atoms with Crippen molar-refractivity contribution in [3.63, 3.8) is 0 Å². The number of likely N-dealkylation sites (tertiary alicyclic amines) is 1. The first-order chi connectivity index (χ1) is 18.4. The van der Waals surface area contributed by atoms with E-state index >= 15 is 0 Å². The van der Waals surface area contributed by atoms with Crippen molar-refractivity contribution >= 4 is 29.5 Å². The summed E-state index contributed by atoms with van der Waals surface area (Å²) in [7, 11) is 0. The number of hydrogen-bond acceptors (Lipinski definition) is 5. The van der Waals surface area contributed by atoms with Crippen LogP contribution in [0.3, 0.4) is 0 Å². The van der Waals surface area contributed by atoms with E-state index in [0.29, 0.717) is 6.42 Å². The van der Waals surface area contributed by atoms with Crippen molar-refractivity contribution in [3.05, 3.63) is 0 Å². The van der Waals surface area contributed by atoms with Gasteiger partial charge in [-0.3, -0.25) is 19.2 Å². The lowest BCUT2D eigenvalue weighted by Crippen LogP contribution is -2.62. The van der Waals surface area contributed by atoms with Gasteiger partial charge in [0.1, 0.15) is 17.6 Å². The summed E-state index contributed by atoms with van der Waals surface area (Å²) in [4.78, 5) is 65.8. The maximum absolute atomic E-state index is 13.9. The van der Waals surface area contributed by atoms with E-state index in [1.54, 1.807) is 20.8 Å². The van der Waals surface area contributed by atoms with Gasteiger partial charge in [-0.15, -0.1) is 0 Å². The first-order valence-electron chi connectivity index (χ1n) is 14.0. The molecule has 0 aromatic carbocycles. The number of halogens is 3. The van der Waals surface area contributed by atoms with Crippen LogP contribution in [0.1, 0.15) is 79.6 Å². The molecule has 1 aliphatic heterocycles. The first kappa shape index (κ1) is 31.7. The Morgan fingerprint density at radius 3 is 2.02 bits per heavy atom. The minimum Gasteiger partial charge on any atom is -0.363 e. The van der Waals surface area contributed by atoms with Crippen LogP contribution in [0, 0.1) is 23.2 Å². The van der Waals surface area contributed by atoms with Gasteiger partial charge < -0.3 is 26.6 Å². The Hall–Kier alpha value is -2.86. The molecule has 3 aliphatic rings. The zero-order chi connectivity index (χ0) is 30.2. The summed E-state index contributed by atoms with van der Waals surface area (Å²) < 4.78 is 40.2. The molecule has 5 N–H and O–H groups in total. The van der Waals surface area contributed by atoms with Crippen LogP contribution < -0.4 is 21.7 Å². The maximum atomic E-state index is 13.9. The molecule has 1 heterocycles. The molecule has 3 rings (SSSR count). The highest BCUT2D eigenvalue weighted by molar-refractivity contribution is 6.37. The molecule has 1 saturated heterocycles. The van der Waals surface area contributed by atoms with Crippen molar-refractivity contribution in [2.24, 2.45) is 28.9 Å². The van der Waals surface area contributed by atoms with E-state index in [1.807, 2.05) is 19.2 Å². The lowest BCUT2D eigenvalue weighted by Gasteiger charge is -2.37. The van der Waals surface area contributed by atoms with Gasteiger partial charge in [-0.2, -0.15) is 13.2 Å². The predicted octanol–water partition coefficient (Wildman–Crippen LogP) is 2.40. The third kappa shape index (κ3) is 6.88. The summed E-state index contributed by atoms with van der Waals surface area (Å²) in [5, 5.41) is 7.10. The zero-order valence-corrected chi connectivity index (χ0v) is 23.8. The summed E-state index contributed by atoms with van der Waals surface area (Å²) in [5.41, 5.74) is 2.03. The Kier molecular flexibility index (Phi) is 9.15. The highest BCUT2D eigenvalue weighted by atomic mass is 19.4. The van der Waals surface area contributed by atoms with Gasteiger partial charge in [0.05, 0.1) is 6.04 Å². The minimum atomic E-state index is -4.62. The molecular weight excluding hydrogens is 531 g/mol. The van der Waals surface area contributed by atoms with Crippen LogP contribution in [0.4, 0.5) is 18.0 Å². The number of nitrogens with zero attached hydrogens (tertiary/aromatic N) is 1. The smallest absolute Gasteiger partial charge is 0.363 e. The number of ketones is 1. The molecule has 2 saturated carbocycles.